The highest BCUT2D eigenvalue weighted by Crippen LogP contribution is 2.24. The van der Waals surface area contributed by atoms with E-state index in [9.17, 15) is 4.79 Å². The van der Waals surface area contributed by atoms with E-state index < -0.39 is 6.10 Å². The lowest BCUT2D eigenvalue weighted by Gasteiger charge is -2.21. The van der Waals surface area contributed by atoms with E-state index in [1.165, 1.54) is 5.56 Å². The van der Waals surface area contributed by atoms with Crippen LogP contribution >= 0.6 is 0 Å². The van der Waals surface area contributed by atoms with Crippen LogP contribution in [0.4, 0.5) is 0 Å². The molecule has 3 heteroatoms. The van der Waals surface area contributed by atoms with Crippen LogP contribution in [-0.2, 0) is 10.2 Å². The standard InChI is InChI=1S/C18H29NO2/c1-7-8-13(2)19-17(20)14(3)21-16-11-9-15(10-12-16)18(4,5)6/h9-14H,7-8H2,1-6H3,(H,19,20)/t13-,14-/m1/s1. The molecule has 0 saturated carbocycles. The zero-order chi connectivity index (χ0) is 16.0. The summed E-state index contributed by atoms with van der Waals surface area (Å²) in [7, 11) is 0. The van der Waals surface area contributed by atoms with Gasteiger partial charge in [-0.2, -0.15) is 0 Å². The smallest absolute Gasteiger partial charge is 0.260 e. The molecule has 0 bridgehead atoms. The summed E-state index contributed by atoms with van der Waals surface area (Å²) in [4.78, 5) is 12.0. The van der Waals surface area contributed by atoms with Crippen molar-refractivity contribution < 1.29 is 9.53 Å². The van der Waals surface area contributed by atoms with Crippen LogP contribution < -0.4 is 10.1 Å². The minimum atomic E-state index is -0.482. The lowest BCUT2D eigenvalue weighted by Crippen LogP contribution is -2.41. The topological polar surface area (TPSA) is 38.3 Å². The summed E-state index contributed by atoms with van der Waals surface area (Å²) >= 11 is 0. The number of carbonyl (C=O) groups is 1. The summed E-state index contributed by atoms with van der Waals surface area (Å²) in [6.45, 7) is 12.4. The molecule has 2 atom stereocenters. The van der Waals surface area contributed by atoms with Crippen LogP contribution in [-0.4, -0.2) is 18.1 Å². The first-order valence-electron chi connectivity index (χ1n) is 7.81. The number of carbonyl (C=O) groups excluding carboxylic acids is 1. The Morgan fingerprint density at radius 1 is 1.19 bits per heavy atom. The van der Waals surface area contributed by atoms with Gasteiger partial charge in [0.25, 0.3) is 5.91 Å². The normalized spacial score (nSPS) is 14.4. The largest absolute Gasteiger partial charge is 0.481 e. The first-order chi connectivity index (χ1) is 9.74. The quantitative estimate of drug-likeness (QED) is 0.858. The minimum Gasteiger partial charge on any atom is -0.481 e. The second-order valence-electron chi connectivity index (χ2n) is 6.73. The second kappa shape index (κ2) is 7.48. The van der Waals surface area contributed by atoms with Gasteiger partial charge in [-0.1, -0.05) is 46.2 Å². The highest BCUT2D eigenvalue weighted by atomic mass is 16.5. The van der Waals surface area contributed by atoms with Crippen molar-refractivity contribution in [1.82, 2.24) is 5.32 Å². The average Bonchev–Trinajstić information content (AvgIpc) is 2.38. The van der Waals surface area contributed by atoms with Crippen LogP contribution in [0.25, 0.3) is 0 Å². The van der Waals surface area contributed by atoms with Gasteiger partial charge in [0.1, 0.15) is 5.75 Å². The molecule has 1 aromatic rings. The fourth-order valence-electron chi connectivity index (χ4n) is 2.16. The number of hydrogen-bond acceptors (Lipinski definition) is 2. The molecule has 1 rings (SSSR count). The number of benzene rings is 1. The molecule has 0 aromatic heterocycles. The van der Waals surface area contributed by atoms with Gasteiger partial charge in [-0.05, 0) is 43.4 Å². The van der Waals surface area contributed by atoms with Gasteiger partial charge in [-0.3, -0.25) is 4.79 Å². The number of amides is 1. The molecule has 21 heavy (non-hydrogen) atoms. The van der Waals surface area contributed by atoms with Gasteiger partial charge < -0.3 is 10.1 Å². The van der Waals surface area contributed by atoms with Crippen LogP contribution in [0.5, 0.6) is 5.75 Å². The van der Waals surface area contributed by atoms with Crippen molar-refractivity contribution in [2.45, 2.75) is 71.9 Å². The van der Waals surface area contributed by atoms with Crippen molar-refractivity contribution in [3.05, 3.63) is 29.8 Å². The van der Waals surface area contributed by atoms with Crippen molar-refractivity contribution in [3.63, 3.8) is 0 Å². The second-order valence-corrected chi connectivity index (χ2v) is 6.73. The third-order valence-electron chi connectivity index (χ3n) is 3.51. The molecule has 0 aliphatic heterocycles. The number of nitrogens with one attached hydrogen (secondary N) is 1. The molecule has 0 saturated heterocycles. The van der Waals surface area contributed by atoms with Crippen molar-refractivity contribution in [3.8, 4) is 5.75 Å². The molecule has 0 aliphatic rings. The molecule has 118 valence electrons. The van der Waals surface area contributed by atoms with E-state index in [2.05, 4.69) is 45.1 Å². The van der Waals surface area contributed by atoms with Crippen LogP contribution in [0.15, 0.2) is 24.3 Å². The third-order valence-corrected chi connectivity index (χ3v) is 3.51. The summed E-state index contributed by atoms with van der Waals surface area (Å²) in [6, 6.07) is 8.16. The van der Waals surface area contributed by atoms with E-state index in [-0.39, 0.29) is 17.4 Å². The van der Waals surface area contributed by atoms with Gasteiger partial charge in [0, 0.05) is 6.04 Å². The highest BCUT2D eigenvalue weighted by molar-refractivity contribution is 5.80. The minimum absolute atomic E-state index is 0.0594. The van der Waals surface area contributed by atoms with E-state index in [0.29, 0.717) is 0 Å². The fourth-order valence-corrected chi connectivity index (χ4v) is 2.16. The van der Waals surface area contributed by atoms with E-state index in [1.807, 2.05) is 19.1 Å². The molecule has 0 spiro atoms. The molecule has 1 N–H and O–H groups in total. The van der Waals surface area contributed by atoms with E-state index in [0.717, 1.165) is 18.6 Å². The number of rotatable bonds is 6. The van der Waals surface area contributed by atoms with E-state index in [4.69, 9.17) is 4.74 Å². The van der Waals surface area contributed by atoms with Crippen molar-refractivity contribution in [2.24, 2.45) is 0 Å². The van der Waals surface area contributed by atoms with Crippen molar-refractivity contribution in [1.29, 1.82) is 0 Å². The summed E-state index contributed by atoms with van der Waals surface area (Å²) in [5, 5.41) is 2.97. The zero-order valence-electron chi connectivity index (χ0n) is 14.2. The average molecular weight is 291 g/mol. The molecule has 3 nitrogen and oxygen atoms in total. The van der Waals surface area contributed by atoms with Crippen LogP contribution in [0.1, 0.15) is 59.9 Å². The molecule has 0 unspecified atom stereocenters. The van der Waals surface area contributed by atoms with Gasteiger partial charge in [0.2, 0.25) is 0 Å². The molecule has 0 fully saturated rings. The van der Waals surface area contributed by atoms with Crippen LogP contribution in [0, 0.1) is 0 Å². The maximum Gasteiger partial charge on any atom is 0.260 e. The molecule has 1 amide bonds. The van der Waals surface area contributed by atoms with Gasteiger partial charge in [-0.25, -0.2) is 0 Å². The summed E-state index contributed by atoms with van der Waals surface area (Å²) in [6.07, 6.45) is 1.56. The van der Waals surface area contributed by atoms with Crippen molar-refractivity contribution >= 4 is 5.91 Å². The van der Waals surface area contributed by atoms with Crippen LogP contribution in [0.3, 0.4) is 0 Å². The Labute approximate surface area is 129 Å². The summed E-state index contributed by atoms with van der Waals surface area (Å²) in [5.41, 5.74) is 1.38. The van der Waals surface area contributed by atoms with Gasteiger partial charge in [0.15, 0.2) is 6.10 Å². The van der Waals surface area contributed by atoms with Crippen molar-refractivity contribution in [2.75, 3.05) is 0 Å². The predicted octanol–water partition coefficient (Wildman–Crippen LogP) is 4.06. The lowest BCUT2D eigenvalue weighted by molar-refractivity contribution is -0.127. The zero-order valence-corrected chi connectivity index (χ0v) is 14.2. The van der Waals surface area contributed by atoms with Gasteiger partial charge >= 0.3 is 0 Å². The maximum atomic E-state index is 12.0. The molecular formula is C18H29NO2. The first-order valence-corrected chi connectivity index (χ1v) is 7.81. The Morgan fingerprint density at radius 3 is 2.24 bits per heavy atom. The first kappa shape index (κ1) is 17.5. The molecule has 0 aliphatic carbocycles. The van der Waals surface area contributed by atoms with E-state index in [1.54, 1.807) is 6.92 Å². The molecule has 0 radical (unpaired) electrons. The third kappa shape index (κ3) is 5.78. The molecule has 1 aromatic carbocycles. The summed E-state index contributed by atoms with van der Waals surface area (Å²) < 4.78 is 5.71. The SMILES string of the molecule is CCC[C@@H](C)NC(=O)[C@@H](C)Oc1ccc(C(C)(C)C)cc1. The number of hydrogen-bond donors (Lipinski definition) is 1. The monoisotopic (exact) mass is 291 g/mol. The van der Waals surface area contributed by atoms with Gasteiger partial charge in [0.05, 0.1) is 0 Å². The Kier molecular flexibility index (Phi) is 6.25. The lowest BCUT2D eigenvalue weighted by atomic mass is 9.87. The molecule has 0 heterocycles. The molecular weight excluding hydrogens is 262 g/mol. The Morgan fingerprint density at radius 2 is 1.76 bits per heavy atom. The summed E-state index contributed by atoms with van der Waals surface area (Å²) in [5.74, 6) is 0.671. The predicted molar refractivity (Wildman–Crippen MR) is 87.7 cm³/mol. The van der Waals surface area contributed by atoms with Crippen LogP contribution in [0.2, 0.25) is 0 Å². The number of ether oxygens (including phenoxy) is 1. The fraction of sp³-hybridized carbons (Fsp3) is 0.611. The maximum absolute atomic E-state index is 12.0. The Hall–Kier alpha value is -1.51. The van der Waals surface area contributed by atoms with Gasteiger partial charge in [-0.15, -0.1) is 0 Å². The van der Waals surface area contributed by atoms with E-state index >= 15 is 0 Å². The highest BCUT2D eigenvalue weighted by Gasteiger charge is 2.17. The Bertz CT molecular complexity index is 445. The Balaban J connectivity index is 2.58.